The Morgan fingerprint density at radius 2 is 1.89 bits per heavy atom. The highest BCUT2D eigenvalue weighted by molar-refractivity contribution is 5.99. The molecule has 0 bridgehead atoms. The zero-order chi connectivity index (χ0) is 13.9. The average Bonchev–Trinajstić information content (AvgIpc) is 2.35. The highest BCUT2D eigenvalue weighted by atomic mass is 16.6. The van der Waals surface area contributed by atoms with Crippen molar-refractivity contribution in [2.24, 2.45) is 0 Å². The molecule has 0 atom stereocenters. The molecule has 1 aromatic carbocycles. The van der Waals surface area contributed by atoms with Crippen molar-refractivity contribution in [3.8, 4) is 0 Å². The van der Waals surface area contributed by atoms with Crippen LogP contribution in [0.4, 0.5) is 17.1 Å². The molecule has 1 rings (SSSR count). The Bertz CT molecular complexity index is 527. The standard InChI is InChI=1S/C9H9N3O6/c1-10-8-6(9(13)18-2)3-5(11(14)15)4-7(8)12(16)17/h3-4,10H,1-2H3. The number of hydrogen-bond acceptors (Lipinski definition) is 7. The molecule has 0 aliphatic rings. The fraction of sp³-hybridized carbons (Fsp3) is 0.222. The molecule has 0 saturated carbocycles. The van der Waals surface area contributed by atoms with E-state index in [1.807, 2.05) is 0 Å². The van der Waals surface area contributed by atoms with Gasteiger partial charge in [0.1, 0.15) is 5.69 Å². The van der Waals surface area contributed by atoms with E-state index in [-0.39, 0.29) is 11.3 Å². The van der Waals surface area contributed by atoms with Gasteiger partial charge in [0.25, 0.3) is 11.4 Å². The van der Waals surface area contributed by atoms with Gasteiger partial charge < -0.3 is 10.1 Å². The van der Waals surface area contributed by atoms with E-state index in [0.717, 1.165) is 19.2 Å². The Kier molecular flexibility index (Phi) is 3.77. The van der Waals surface area contributed by atoms with Crippen LogP contribution in [-0.2, 0) is 4.74 Å². The van der Waals surface area contributed by atoms with Crippen molar-refractivity contribution >= 4 is 23.0 Å². The van der Waals surface area contributed by atoms with E-state index in [9.17, 15) is 25.0 Å². The van der Waals surface area contributed by atoms with Gasteiger partial charge in [-0.25, -0.2) is 4.79 Å². The number of nitrogens with zero attached hydrogens (tertiary/aromatic N) is 2. The molecule has 0 radical (unpaired) electrons. The summed E-state index contributed by atoms with van der Waals surface area (Å²) in [5.74, 6) is -0.897. The van der Waals surface area contributed by atoms with Gasteiger partial charge >= 0.3 is 5.97 Å². The summed E-state index contributed by atoms with van der Waals surface area (Å²) in [6.07, 6.45) is 0. The van der Waals surface area contributed by atoms with Crippen molar-refractivity contribution in [2.75, 3.05) is 19.5 Å². The number of rotatable bonds is 4. The Morgan fingerprint density at radius 1 is 1.28 bits per heavy atom. The lowest BCUT2D eigenvalue weighted by Gasteiger charge is -2.07. The third kappa shape index (κ3) is 2.34. The molecule has 18 heavy (non-hydrogen) atoms. The van der Waals surface area contributed by atoms with Crippen LogP contribution < -0.4 is 5.32 Å². The maximum Gasteiger partial charge on any atom is 0.340 e. The van der Waals surface area contributed by atoms with E-state index >= 15 is 0 Å². The monoisotopic (exact) mass is 255 g/mol. The predicted molar refractivity (Wildman–Crippen MR) is 60.6 cm³/mol. The van der Waals surface area contributed by atoms with Crippen LogP contribution in [0.2, 0.25) is 0 Å². The van der Waals surface area contributed by atoms with Gasteiger partial charge in [-0.2, -0.15) is 0 Å². The molecule has 0 spiro atoms. The smallest absolute Gasteiger partial charge is 0.340 e. The summed E-state index contributed by atoms with van der Waals surface area (Å²) in [6, 6.07) is 1.70. The first kappa shape index (κ1) is 13.4. The SMILES string of the molecule is CNc1c(C(=O)OC)cc([N+](=O)[O-])cc1[N+](=O)[O-]. The number of non-ortho nitro benzene ring substituents is 1. The van der Waals surface area contributed by atoms with Crippen molar-refractivity contribution in [3.05, 3.63) is 37.9 Å². The largest absolute Gasteiger partial charge is 0.465 e. The molecule has 0 aliphatic heterocycles. The van der Waals surface area contributed by atoms with Crippen LogP contribution in [0.15, 0.2) is 12.1 Å². The molecular formula is C9H9N3O6. The molecule has 9 heteroatoms. The van der Waals surface area contributed by atoms with E-state index < -0.39 is 27.2 Å². The zero-order valence-electron chi connectivity index (χ0n) is 9.50. The van der Waals surface area contributed by atoms with Gasteiger partial charge in [0.05, 0.1) is 28.6 Å². The minimum absolute atomic E-state index is 0.127. The van der Waals surface area contributed by atoms with Gasteiger partial charge in [-0.3, -0.25) is 20.2 Å². The Balaban J connectivity index is 3.61. The van der Waals surface area contributed by atoms with Crippen molar-refractivity contribution in [1.29, 1.82) is 0 Å². The van der Waals surface area contributed by atoms with Gasteiger partial charge in [-0.05, 0) is 0 Å². The summed E-state index contributed by atoms with van der Waals surface area (Å²) >= 11 is 0. The van der Waals surface area contributed by atoms with E-state index in [1.165, 1.54) is 7.05 Å². The highest BCUT2D eigenvalue weighted by Gasteiger charge is 2.27. The van der Waals surface area contributed by atoms with Crippen LogP contribution in [0.1, 0.15) is 10.4 Å². The lowest BCUT2D eigenvalue weighted by molar-refractivity contribution is -0.393. The van der Waals surface area contributed by atoms with Gasteiger partial charge in [0.15, 0.2) is 0 Å². The van der Waals surface area contributed by atoms with Crippen LogP contribution in [0.5, 0.6) is 0 Å². The van der Waals surface area contributed by atoms with Crippen LogP contribution in [-0.4, -0.2) is 30.0 Å². The first-order valence-electron chi connectivity index (χ1n) is 4.65. The third-order valence-electron chi connectivity index (χ3n) is 2.17. The minimum Gasteiger partial charge on any atom is -0.465 e. The number of nitro benzene ring substituents is 2. The van der Waals surface area contributed by atoms with E-state index in [4.69, 9.17) is 0 Å². The number of carbonyl (C=O) groups excluding carboxylic acids is 1. The Hall–Kier alpha value is -2.71. The van der Waals surface area contributed by atoms with Crippen molar-refractivity contribution in [1.82, 2.24) is 0 Å². The molecule has 0 amide bonds. The Labute approximate surface area is 101 Å². The summed E-state index contributed by atoms with van der Waals surface area (Å²) in [7, 11) is 2.44. The average molecular weight is 255 g/mol. The molecule has 0 saturated heterocycles. The zero-order valence-corrected chi connectivity index (χ0v) is 9.50. The number of nitro groups is 2. The van der Waals surface area contributed by atoms with E-state index in [2.05, 4.69) is 10.1 Å². The van der Waals surface area contributed by atoms with Crippen LogP contribution >= 0.6 is 0 Å². The fourth-order valence-electron chi connectivity index (χ4n) is 1.40. The summed E-state index contributed by atoms with van der Waals surface area (Å²) < 4.78 is 4.42. The quantitative estimate of drug-likeness (QED) is 0.488. The van der Waals surface area contributed by atoms with Crippen LogP contribution in [0.25, 0.3) is 0 Å². The first-order chi connectivity index (χ1) is 8.42. The van der Waals surface area contributed by atoms with Crippen molar-refractivity contribution < 1.29 is 19.4 Å². The molecule has 1 N–H and O–H groups in total. The second kappa shape index (κ2) is 5.08. The molecule has 1 aromatic rings. The summed E-state index contributed by atoms with van der Waals surface area (Å²) in [4.78, 5) is 31.3. The molecule has 0 fully saturated rings. The molecule has 0 aliphatic carbocycles. The second-order valence-corrected chi connectivity index (χ2v) is 3.14. The minimum atomic E-state index is -0.897. The second-order valence-electron chi connectivity index (χ2n) is 3.14. The number of ether oxygens (including phenoxy) is 1. The summed E-state index contributed by atoms with van der Waals surface area (Å²) in [5.41, 5.74) is -1.51. The lowest BCUT2D eigenvalue weighted by Crippen LogP contribution is -2.09. The number of anilines is 1. The number of carbonyl (C=O) groups is 1. The molecule has 0 heterocycles. The van der Waals surface area contributed by atoms with Crippen LogP contribution in [0, 0.1) is 20.2 Å². The predicted octanol–water partition coefficient (Wildman–Crippen LogP) is 1.33. The van der Waals surface area contributed by atoms with Crippen LogP contribution in [0.3, 0.4) is 0 Å². The van der Waals surface area contributed by atoms with Gasteiger partial charge in [-0.15, -0.1) is 0 Å². The maximum absolute atomic E-state index is 11.4. The molecule has 0 aromatic heterocycles. The number of benzene rings is 1. The summed E-state index contributed by atoms with van der Waals surface area (Å²) in [6.45, 7) is 0. The third-order valence-corrected chi connectivity index (χ3v) is 2.17. The van der Waals surface area contributed by atoms with Crippen molar-refractivity contribution in [3.63, 3.8) is 0 Å². The van der Waals surface area contributed by atoms with Gasteiger partial charge in [-0.1, -0.05) is 0 Å². The van der Waals surface area contributed by atoms with E-state index in [1.54, 1.807) is 0 Å². The first-order valence-corrected chi connectivity index (χ1v) is 4.65. The number of esters is 1. The molecule has 96 valence electrons. The van der Waals surface area contributed by atoms with Gasteiger partial charge in [0, 0.05) is 13.1 Å². The molecule has 0 unspecified atom stereocenters. The number of hydrogen-bond donors (Lipinski definition) is 1. The fourth-order valence-corrected chi connectivity index (χ4v) is 1.40. The Morgan fingerprint density at radius 3 is 2.28 bits per heavy atom. The van der Waals surface area contributed by atoms with E-state index in [0.29, 0.717) is 0 Å². The number of methoxy groups -OCH3 is 1. The van der Waals surface area contributed by atoms with Crippen molar-refractivity contribution in [2.45, 2.75) is 0 Å². The molecule has 9 nitrogen and oxygen atoms in total. The normalized spacial score (nSPS) is 9.67. The maximum atomic E-state index is 11.4. The topological polar surface area (TPSA) is 125 Å². The summed E-state index contributed by atoms with van der Waals surface area (Å²) in [5, 5.41) is 23.9. The van der Waals surface area contributed by atoms with Gasteiger partial charge in [0.2, 0.25) is 0 Å². The highest BCUT2D eigenvalue weighted by Crippen LogP contribution is 2.33. The lowest BCUT2D eigenvalue weighted by atomic mass is 10.1. The number of nitrogens with one attached hydrogen (secondary N) is 1. The molecular weight excluding hydrogens is 246 g/mol.